The summed E-state index contributed by atoms with van der Waals surface area (Å²) in [5.74, 6) is -2.10. The molecule has 1 aliphatic rings. The summed E-state index contributed by atoms with van der Waals surface area (Å²) >= 11 is 0. The maximum atomic E-state index is 12.9. The summed E-state index contributed by atoms with van der Waals surface area (Å²) in [6.07, 6.45) is -2.08. The molecule has 0 radical (unpaired) electrons. The predicted molar refractivity (Wildman–Crippen MR) is 72.7 cm³/mol. The summed E-state index contributed by atoms with van der Waals surface area (Å²) < 4.78 is 38.8. The molecule has 3 nitrogen and oxygen atoms in total. The number of anilines is 1. The summed E-state index contributed by atoms with van der Waals surface area (Å²) in [5.41, 5.74) is 4.29. The van der Waals surface area contributed by atoms with Crippen LogP contribution in [0.1, 0.15) is 43.2 Å². The van der Waals surface area contributed by atoms with Crippen molar-refractivity contribution in [3.63, 3.8) is 0 Å². The van der Waals surface area contributed by atoms with Crippen LogP contribution in [-0.2, 0) is 11.0 Å². The van der Waals surface area contributed by atoms with Crippen molar-refractivity contribution in [2.24, 2.45) is 11.8 Å². The summed E-state index contributed by atoms with van der Waals surface area (Å²) in [7, 11) is 0. The summed E-state index contributed by atoms with van der Waals surface area (Å²) in [6, 6.07) is 3.51. The SMILES string of the molecule is CC1CCCC1C(C(=O)O)c1cccc(C(F)(F)F)c1N. The molecule has 3 atom stereocenters. The van der Waals surface area contributed by atoms with E-state index < -0.39 is 29.3 Å². The van der Waals surface area contributed by atoms with Crippen molar-refractivity contribution in [3.05, 3.63) is 29.3 Å². The molecule has 2 rings (SSSR count). The number of rotatable bonds is 3. The van der Waals surface area contributed by atoms with Gasteiger partial charge in [0.25, 0.3) is 0 Å². The number of hydrogen-bond acceptors (Lipinski definition) is 2. The Balaban J connectivity index is 2.49. The van der Waals surface area contributed by atoms with Crippen LogP contribution in [0.3, 0.4) is 0 Å². The fourth-order valence-corrected chi connectivity index (χ4v) is 3.32. The van der Waals surface area contributed by atoms with Gasteiger partial charge in [-0.25, -0.2) is 0 Å². The van der Waals surface area contributed by atoms with E-state index >= 15 is 0 Å². The van der Waals surface area contributed by atoms with Crippen LogP contribution < -0.4 is 5.73 Å². The smallest absolute Gasteiger partial charge is 0.418 e. The van der Waals surface area contributed by atoms with Crippen LogP contribution in [0, 0.1) is 11.8 Å². The topological polar surface area (TPSA) is 63.3 Å². The number of carbonyl (C=O) groups is 1. The van der Waals surface area contributed by atoms with Gasteiger partial charge in [0.2, 0.25) is 0 Å². The van der Waals surface area contributed by atoms with Gasteiger partial charge in [-0.05, 0) is 29.9 Å². The summed E-state index contributed by atoms with van der Waals surface area (Å²) in [4.78, 5) is 11.6. The monoisotopic (exact) mass is 301 g/mol. The van der Waals surface area contributed by atoms with Crippen LogP contribution in [0.5, 0.6) is 0 Å². The predicted octanol–water partition coefficient (Wildman–Crippen LogP) is 3.89. The number of halogens is 3. The molecular formula is C15H18F3NO2. The molecule has 0 heterocycles. The Bertz CT molecular complexity index is 542. The number of nitrogen functional groups attached to an aromatic ring is 1. The lowest BCUT2D eigenvalue weighted by Crippen LogP contribution is -2.25. The maximum Gasteiger partial charge on any atom is 0.418 e. The van der Waals surface area contributed by atoms with E-state index in [9.17, 15) is 23.1 Å². The van der Waals surface area contributed by atoms with E-state index in [0.29, 0.717) is 6.42 Å². The Kier molecular flexibility index (Phi) is 4.16. The lowest BCUT2D eigenvalue weighted by atomic mass is 9.79. The third-order valence-corrected chi connectivity index (χ3v) is 4.40. The first-order valence-electron chi connectivity index (χ1n) is 6.92. The average Bonchev–Trinajstić information content (AvgIpc) is 2.76. The van der Waals surface area contributed by atoms with Gasteiger partial charge in [-0.15, -0.1) is 0 Å². The van der Waals surface area contributed by atoms with Crippen molar-refractivity contribution in [1.29, 1.82) is 0 Å². The minimum absolute atomic E-state index is 0.0797. The van der Waals surface area contributed by atoms with Crippen molar-refractivity contribution in [1.82, 2.24) is 0 Å². The van der Waals surface area contributed by atoms with Gasteiger partial charge in [0.1, 0.15) is 0 Å². The summed E-state index contributed by atoms with van der Waals surface area (Å²) in [6.45, 7) is 1.94. The van der Waals surface area contributed by atoms with Crippen molar-refractivity contribution >= 4 is 11.7 Å². The minimum Gasteiger partial charge on any atom is -0.481 e. The van der Waals surface area contributed by atoms with Crippen LogP contribution in [0.2, 0.25) is 0 Å². The summed E-state index contributed by atoms with van der Waals surface area (Å²) in [5, 5.41) is 9.49. The molecule has 6 heteroatoms. The second-order valence-corrected chi connectivity index (χ2v) is 5.69. The molecule has 0 aliphatic heterocycles. The normalized spacial score (nSPS) is 24.0. The third kappa shape index (κ3) is 2.99. The highest BCUT2D eigenvalue weighted by molar-refractivity contribution is 5.80. The van der Waals surface area contributed by atoms with Crippen molar-refractivity contribution in [2.45, 2.75) is 38.3 Å². The van der Waals surface area contributed by atoms with E-state index in [-0.39, 0.29) is 17.4 Å². The molecule has 3 N–H and O–H groups in total. The lowest BCUT2D eigenvalue weighted by molar-refractivity contribution is -0.141. The first kappa shape index (κ1) is 15.7. The second kappa shape index (κ2) is 5.58. The molecule has 0 spiro atoms. The minimum atomic E-state index is -4.58. The van der Waals surface area contributed by atoms with Gasteiger partial charge in [-0.1, -0.05) is 31.9 Å². The molecule has 0 bridgehead atoms. The zero-order valence-corrected chi connectivity index (χ0v) is 11.7. The van der Waals surface area contributed by atoms with Gasteiger partial charge in [-0.3, -0.25) is 4.79 Å². The number of benzene rings is 1. The van der Waals surface area contributed by atoms with Crippen molar-refractivity contribution < 1.29 is 23.1 Å². The second-order valence-electron chi connectivity index (χ2n) is 5.69. The van der Waals surface area contributed by atoms with E-state index in [0.717, 1.165) is 18.9 Å². The third-order valence-electron chi connectivity index (χ3n) is 4.40. The van der Waals surface area contributed by atoms with E-state index in [1.165, 1.54) is 12.1 Å². The van der Waals surface area contributed by atoms with Gasteiger partial charge < -0.3 is 10.8 Å². The van der Waals surface area contributed by atoms with Gasteiger partial charge >= 0.3 is 12.1 Å². The molecule has 0 amide bonds. The average molecular weight is 301 g/mol. The Morgan fingerprint density at radius 2 is 2.05 bits per heavy atom. The van der Waals surface area contributed by atoms with E-state index in [4.69, 9.17) is 5.73 Å². The van der Waals surface area contributed by atoms with Crippen LogP contribution >= 0.6 is 0 Å². The largest absolute Gasteiger partial charge is 0.481 e. The van der Waals surface area contributed by atoms with Gasteiger partial charge in [0.05, 0.1) is 11.5 Å². The lowest BCUT2D eigenvalue weighted by Gasteiger charge is -2.26. The van der Waals surface area contributed by atoms with Gasteiger partial charge in [-0.2, -0.15) is 13.2 Å². The van der Waals surface area contributed by atoms with Crippen LogP contribution in [0.25, 0.3) is 0 Å². The number of aliphatic carboxylic acids is 1. The number of nitrogens with two attached hydrogens (primary N) is 1. The van der Waals surface area contributed by atoms with Crippen LogP contribution in [0.4, 0.5) is 18.9 Å². The van der Waals surface area contributed by atoms with Crippen molar-refractivity contribution in [2.75, 3.05) is 5.73 Å². The molecule has 1 fully saturated rings. The van der Waals surface area contributed by atoms with Crippen LogP contribution in [0.15, 0.2) is 18.2 Å². The molecular weight excluding hydrogens is 283 g/mol. The number of para-hydroxylation sites is 1. The molecule has 1 aliphatic carbocycles. The Labute approximate surface area is 121 Å². The van der Waals surface area contributed by atoms with Gasteiger partial charge in [0, 0.05) is 5.69 Å². The Morgan fingerprint density at radius 3 is 2.52 bits per heavy atom. The molecule has 0 aromatic heterocycles. The number of alkyl halides is 3. The van der Waals surface area contributed by atoms with E-state index in [2.05, 4.69) is 0 Å². The fraction of sp³-hybridized carbons (Fsp3) is 0.533. The molecule has 116 valence electrons. The first-order valence-corrected chi connectivity index (χ1v) is 6.92. The van der Waals surface area contributed by atoms with E-state index in [1.807, 2.05) is 6.92 Å². The molecule has 0 saturated heterocycles. The number of carboxylic acids is 1. The standard InChI is InChI=1S/C15H18F3NO2/c1-8-4-2-5-9(8)12(14(20)21)10-6-3-7-11(13(10)19)15(16,17)18/h3,6-9,12H,2,4-5,19H2,1H3,(H,20,21). The quantitative estimate of drug-likeness (QED) is 0.832. The highest BCUT2D eigenvalue weighted by Crippen LogP contribution is 2.45. The maximum absolute atomic E-state index is 12.9. The van der Waals surface area contributed by atoms with Crippen LogP contribution in [-0.4, -0.2) is 11.1 Å². The number of carboxylic acid groups (broad SMARTS) is 1. The molecule has 21 heavy (non-hydrogen) atoms. The fourth-order valence-electron chi connectivity index (χ4n) is 3.32. The van der Waals surface area contributed by atoms with E-state index in [1.54, 1.807) is 0 Å². The molecule has 1 aromatic rings. The number of hydrogen-bond donors (Lipinski definition) is 2. The Hall–Kier alpha value is -1.72. The highest BCUT2D eigenvalue weighted by Gasteiger charge is 2.40. The van der Waals surface area contributed by atoms with Gasteiger partial charge in [0.15, 0.2) is 0 Å². The highest BCUT2D eigenvalue weighted by atomic mass is 19.4. The molecule has 1 saturated carbocycles. The zero-order chi connectivity index (χ0) is 15.8. The molecule has 3 unspecified atom stereocenters. The first-order chi connectivity index (χ1) is 9.73. The van der Waals surface area contributed by atoms with Crippen molar-refractivity contribution in [3.8, 4) is 0 Å². The zero-order valence-electron chi connectivity index (χ0n) is 11.7. The Morgan fingerprint density at radius 1 is 1.38 bits per heavy atom. The molecule has 1 aromatic carbocycles.